The minimum atomic E-state index is 0.438. The molecule has 3 atom stereocenters. The van der Waals surface area contributed by atoms with Crippen molar-refractivity contribution in [2.75, 3.05) is 31.6 Å². The van der Waals surface area contributed by atoms with Crippen molar-refractivity contribution < 1.29 is 4.74 Å². The summed E-state index contributed by atoms with van der Waals surface area (Å²) in [4.78, 5) is 14.3. The molecule has 4 saturated heterocycles. The number of hydrogen-bond acceptors (Lipinski definition) is 5. The highest BCUT2D eigenvalue weighted by molar-refractivity contribution is 5.46. The summed E-state index contributed by atoms with van der Waals surface area (Å²) in [6.45, 7) is 3.41. The molecule has 4 aliphatic rings. The molecule has 0 unspecified atom stereocenters. The first-order valence-electron chi connectivity index (χ1n) is 9.27. The van der Waals surface area contributed by atoms with Gasteiger partial charge in [-0.05, 0) is 44.0 Å². The van der Waals surface area contributed by atoms with Crippen LogP contribution in [0.5, 0.6) is 5.75 Å². The van der Waals surface area contributed by atoms with E-state index in [1.165, 1.54) is 31.5 Å². The highest BCUT2D eigenvalue weighted by atomic mass is 16.5. The first kappa shape index (κ1) is 15.1. The van der Waals surface area contributed by atoms with Crippen LogP contribution in [0.25, 0.3) is 0 Å². The average Bonchev–Trinajstić information content (AvgIpc) is 3.12. The molecule has 0 aliphatic carbocycles. The lowest BCUT2D eigenvalue weighted by molar-refractivity contribution is 0.0350. The second-order valence-corrected chi connectivity index (χ2v) is 7.40. The normalized spacial score (nSPS) is 33.3. The predicted molar refractivity (Wildman–Crippen MR) is 97.0 cm³/mol. The van der Waals surface area contributed by atoms with Crippen molar-refractivity contribution in [1.82, 2.24) is 14.9 Å². The molecular formula is C20H24N4O. The Labute approximate surface area is 148 Å². The summed E-state index contributed by atoms with van der Waals surface area (Å²) < 4.78 is 5.69. The minimum Gasteiger partial charge on any atom is -0.496 e. The van der Waals surface area contributed by atoms with Crippen molar-refractivity contribution in [3.05, 3.63) is 48.3 Å². The third-order valence-electron chi connectivity index (χ3n) is 6.34. The average molecular weight is 336 g/mol. The molecule has 0 amide bonds. The Morgan fingerprint density at radius 3 is 2.52 bits per heavy atom. The second kappa shape index (κ2) is 5.99. The van der Waals surface area contributed by atoms with E-state index in [1.807, 2.05) is 18.5 Å². The van der Waals surface area contributed by atoms with Crippen molar-refractivity contribution in [2.45, 2.75) is 30.8 Å². The van der Waals surface area contributed by atoms with Crippen LogP contribution in [0.1, 0.15) is 24.3 Å². The maximum Gasteiger partial charge on any atom is 0.225 e. The molecule has 2 bridgehead atoms. The Bertz CT molecular complexity index is 744. The molecular weight excluding hydrogens is 312 g/mol. The van der Waals surface area contributed by atoms with Gasteiger partial charge in [0.15, 0.2) is 0 Å². The number of aromatic nitrogens is 2. The molecule has 0 saturated carbocycles. The van der Waals surface area contributed by atoms with E-state index in [0.717, 1.165) is 24.2 Å². The van der Waals surface area contributed by atoms with Crippen LogP contribution in [0.15, 0.2) is 42.7 Å². The molecule has 6 rings (SSSR count). The maximum atomic E-state index is 5.69. The number of anilines is 1. The third kappa shape index (κ3) is 2.33. The Balaban J connectivity index is 1.58. The van der Waals surface area contributed by atoms with Crippen molar-refractivity contribution >= 4 is 5.95 Å². The second-order valence-electron chi connectivity index (χ2n) is 7.40. The number of benzene rings is 1. The minimum absolute atomic E-state index is 0.438. The summed E-state index contributed by atoms with van der Waals surface area (Å²) in [5.74, 6) is 3.07. The SMILES string of the molecule is COc1ccccc1[C@@H]1CN(c2ncccn2)[C@H]2C3CCN(CC3)[C@@H]12. The number of methoxy groups -OCH3 is 1. The molecule has 5 heterocycles. The van der Waals surface area contributed by atoms with E-state index in [2.05, 4.69) is 44.0 Å². The zero-order valence-corrected chi connectivity index (χ0v) is 14.6. The van der Waals surface area contributed by atoms with E-state index >= 15 is 0 Å². The summed E-state index contributed by atoms with van der Waals surface area (Å²) in [6, 6.07) is 11.4. The number of para-hydroxylation sites is 1. The van der Waals surface area contributed by atoms with Crippen LogP contribution in [0, 0.1) is 5.92 Å². The number of hydrogen-bond donors (Lipinski definition) is 0. The maximum absolute atomic E-state index is 5.69. The fraction of sp³-hybridized carbons (Fsp3) is 0.500. The zero-order valence-electron chi connectivity index (χ0n) is 14.6. The van der Waals surface area contributed by atoms with Gasteiger partial charge in [0.05, 0.1) is 13.2 Å². The van der Waals surface area contributed by atoms with Gasteiger partial charge in [-0.25, -0.2) is 9.97 Å². The largest absolute Gasteiger partial charge is 0.496 e. The lowest BCUT2D eigenvalue weighted by Gasteiger charge is -2.51. The van der Waals surface area contributed by atoms with Gasteiger partial charge in [0, 0.05) is 36.5 Å². The van der Waals surface area contributed by atoms with Gasteiger partial charge < -0.3 is 9.64 Å². The van der Waals surface area contributed by atoms with Crippen LogP contribution in [-0.4, -0.2) is 53.7 Å². The number of piperidine rings is 3. The fourth-order valence-corrected chi connectivity index (χ4v) is 5.34. The van der Waals surface area contributed by atoms with Crippen LogP contribution in [0.3, 0.4) is 0 Å². The Morgan fingerprint density at radius 2 is 1.76 bits per heavy atom. The molecule has 0 N–H and O–H groups in total. The van der Waals surface area contributed by atoms with Gasteiger partial charge in [-0.3, -0.25) is 4.90 Å². The molecule has 130 valence electrons. The quantitative estimate of drug-likeness (QED) is 0.862. The molecule has 5 heteroatoms. The lowest BCUT2D eigenvalue weighted by atomic mass is 9.75. The van der Waals surface area contributed by atoms with E-state index in [-0.39, 0.29) is 0 Å². The zero-order chi connectivity index (χ0) is 16.8. The van der Waals surface area contributed by atoms with Crippen molar-refractivity contribution in [3.8, 4) is 5.75 Å². The van der Waals surface area contributed by atoms with E-state index in [4.69, 9.17) is 4.74 Å². The molecule has 5 nitrogen and oxygen atoms in total. The van der Waals surface area contributed by atoms with Gasteiger partial charge in [0.2, 0.25) is 5.95 Å². The lowest BCUT2D eigenvalue weighted by Crippen LogP contribution is -2.60. The van der Waals surface area contributed by atoms with Gasteiger partial charge in [-0.15, -0.1) is 0 Å². The van der Waals surface area contributed by atoms with Gasteiger partial charge in [-0.1, -0.05) is 18.2 Å². The molecule has 25 heavy (non-hydrogen) atoms. The first-order valence-corrected chi connectivity index (χ1v) is 9.27. The van der Waals surface area contributed by atoms with Crippen molar-refractivity contribution in [1.29, 1.82) is 0 Å². The van der Waals surface area contributed by atoms with Crippen LogP contribution in [0.4, 0.5) is 5.95 Å². The van der Waals surface area contributed by atoms with Crippen LogP contribution in [0.2, 0.25) is 0 Å². The van der Waals surface area contributed by atoms with Gasteiger partial charge >= 0.3 is 0 Å². The van der Waals surface area contributed by atoms with E-state index in [9.17, 15) is 0 Å². The monoisotopic (exact) mass is 336 g/mol. The fourth-order valence-electron chi connectivity index (χ4n) is 5.34. The van der Waals surface area contributed by atoms with Crippen LogP contribution in [-0.2, 0) is 0 Å². The van der Waals surface area contributed by atoms with Crippen LogP contribution >= 0.6 is 0 Å². The molecule has 4 aliphatic heterocycles. The van der Waals surface area contributed by atoms with E-state index in [0.29, 0.717) is 18.0 Å². The smallest absolute Gasteiger partial charge is 0.225 e. The van der Waals surface area contributed by atoms with Crippen molar-refractivity contribution in [3.63, 3.8) is 0 Å². The number of ether oxygens (including phenoxy) is 1. The molecule has 0 spiro atoms. The highest BCUT2D eigenvalue weighted by Crippen LogP contribution is 2.48. The molecule has 0 radical (unpaired) electrons. The van der Waals surface area contributed by atoms with Gasteiger partial charge in [-0.2, -0.15) is 0 Å². The standard InChI is InChI=1S/C20H24N4O/c1-25-17-6-3-2-5-15(17)16-13-24(20-21-9-4-10-22-20)18-14-7-11-23(12-8-14)19(16)18/h2-6,9-10,14,16,18-19H,7-8,11-13H2,1H3/t16-,18-,19-/m0/s1. The first-order chi connectivity index (χ1) is 12.4. The molecule has 1 aromatic heterocycles. The number of rotatable bonds is 3. The molecule has 1 aromatic carbocycles. The summed E-state index contributed by atoms with van der Waals surface area (Å²) in [7, 11) is 1.77. The van der Waals surface area contributed by atoms with Crippen LogP contribution < -0.4 is 9.64 Å². The summed E-state index contributed by atoms with van der Waals surface area (Å²) in [5.41, 5.74) is 1.32. The Kier molecular flexibility index (Phi) is 3.63. The summed E-state index contributed by atoms with van der Waals surface area (Å²) in [5, 5.41) is 0. The number of fused-ring (bicyclic) bond motifs is 2. The highest BCUT2D eigenvalue weighted by Gasteiger charge is 2.54. The Hall–Kier alpha value is -2.14. The van der Waals surface area contributed by atoms with E-state index < -0.39 is 0 Å². The van der Waals surface area contributed by atoms with Crippen molar-refractivity contribution in [2.24, 2.45) is 5.92 Å². The summed E-state index contributed by atoms with van der Waals surface area (Å²) in [6.07, 6.45) is 6.30. The molecule has 2 aromatic rings. The topological polar surface area (TPSA) is 41.5 Å². The Morgan fingerprint density at radius 1 is 1.00 bits per heavy atom. The molecule has 4 fully saturated rings. The van der Waals surface area contributed by atoms with Gasteiger partial charge in [0.25, 0.3) is 0 Å². The predicted octanol–water partition coefficient (Wildman–Crippen LogP) is 2.55. The summed E-state index contributed by atoms with van der Waals surface area (Å²) >= 11 is 0. The van der Waals surface area contributed by atoms with Gasteiger partial charge in [0.1, 0.15) is 5.75 Å². The van der Waals surface area contributed by atoms with E-state index in [1.54, 1.807) is 7.11 Å². The third-order valence-corrected chi connectivity index (χ3v) is 6.34. The number of nitrogens with zero attached hydrogens (tertiary/aromatic N) is 4.